The highest BCUT2D eigenvalue weighted by atomic mass is 16.6. The van der Waals surface area contributed by atoms with Crippen molar-refractivity contribution in [2.24, 2.45) is 0 Å². The number of rotatable bonds is 7. The second-order valence-electron chi connectivity index (χ2n) is 7.92. The molecule has 1 saturated heterocycles. The van der Waals surface area contributed by atoms with Gasteiger partial charge >= 0.3 is 0 Å². The number of anilines is 1. The first-order valence-electron chi connectivity index (χ1n) is 10.2. The van der Waals surface area contributed by atoms with Crippen molar-refractivity contribution in [3.05, 3.63) is 69.8 Å². The molecule has 2 fully saturated rings. The van der Waals surface area contributed by atoms with Crippen molar-refractivity contribution >= 4 is 17.3 Å². The molecule has 0 bridgehead atoms. The van der Waals surface area contributed by atoms with E-state index in [-0.39, 0.29) is 23.7 Å². The van der Waals surface area contributed by atoms with Gasteiger partial charge in [0, 0.05) is 43.3 Å². The maximum Gasteiger partial charge on any atom is 0.293 e. The Labute approximate surface area is 170 Å². The molecule has 4 rings (SSSR count). The number of amides is 1. The Morgan fingerprint density at radius 3 is 2.41 bits per heavy atom. The van der Waals surface area contributed by atoms with Crippen molar-refractivity contribution in [3.8, 4) is 0 Å². The molecule has 0 unspecified atom stereocenters. The summed E-state index contributed by atoms with van der Waals surface area (Å²) in [6, 6.07) is 15.5. The lowest BCUT2D eigenvalue weighted by Crippen LogP contribution is -2.38. The summed E-state index contributed by atoms with van der Waals surface area (Å²) in [6.07, 6.45) is 3.81. The largest absolute Gasteiger partial charge is 0.377 e. The number of benzene rings is 2. The van der Waals surface area contributed by atoms with Gasteiger partial charge in [-0.1, -0.05) is 30.3 Å². The molecule has 1 heterocycles. The zero-order valence-electron chi connectivity index (χ0n) is 16.3. The van der Waals surface area contributed by atoms with E-state index in [9.17, 15) is 14.9 Å². The van der Waals surface area contributed by atoms with Crippen LogP contribution in [0.1, 0.15) is 41.6 Å². The highest BCUT2D eigenvalue weighted by Gasteiger charge is 2.26. The molecule has 0 atom stereocenters. The number of nitrogens with zero attached hydrogens (tertiary/aromatic N) is 2. The molecule has 7 heteroatoms. The Hall–Kier alpha value is -2.93. The molecule has 152 valence electrons. The van der Waals surface area contributed by atoms with Crippen LogP contribution >= 0.6 is 0 Å². The normalized spacial score (nSPS) is 17.7. The van der Waals surface area contributed by atoms with Gasteiger partial charge in [-0.15, -0.1) is 0 Å². The Kier molecular flexibility index (Phi) is 5.76. The number of hydrogen-bond acceptors (Lipinski definition) is 5. The molecule has 2 N–H and O–H groups in total. The number of carbonyl (C=O) groups excluding carboxylic acids is 1. The van der Waals surface area contributed by atoms with Crippen LogP contribution in [0.2, 0.25) is 0 Å². The van der Waals surface area contributed by atoms with Crippen molar-refractivity contribution in [2.45, 2.75) is 44.3 Å². The number of nitro groups is 1. The quantitative estimate of drug-likeness (QED) is 0.554. The van der Waals surface area contributed by atoms with Gasteiger partial charge in [0.15, 0.2) is 0 Å². The summed E-state index contributed by atoms with van der Waals surface area (Å²) in [5.74, 6) is -0.239. The average molecular weight is 394 g/mol. The lowest BCUT2D eigenvalue weighted by Gasteiger charge is -2.32. The summed E-state index contributed by atoms with van der Waals surface area (Å²) in [4.78, 5) is 25.7. The fourth-order valence-corrected chi connectivity index (χ4v) is 3.74. The van der Waals surface area contributed by atoms with Gasteiger partial charge in [-0.25, -0.2) is 0 Å². The summed E-state index contributed by atoms with van der Waals surface area (Å²) in [5.41, 5.74) is 2.08. The van der Waals surface area contributed by atoms with Gasteiger partial charge in [-0.05, 0) is 43.4 Å². The van der Waals surface area contributed by atoms with Crippen LogP contribution in [0, 0.1) is 10.1 Å². The van der Waals surface area contributed by atoms with E-state index in [2.05, 4.69) is 39.8 Å². The van der Waals surface area contributed by atoms with E-state index in [0.717, 1.165) is 45.3 Å². The molecule has 1 aliphatic heterocycles. The minimum absolute atomic E-state index is 0.0415. The van der Waals surface area contributed by atoms with Crippen molar-refractivity contribution in [3.63, 3.8) is 0 Å². The fourth-order valence-electron chi connectivity index (χ4n) is 3.74. The second-order valence-corrected chi connectivity index (χ2v) is 7.92. The first kappa shape index (κ1) is 19.4. The second kappa shape index (κ2) is 8.61. The molecule has 0 radical (unpaired) electrons. The molecule has 2 aromatic carbocycles. The SMILES string of the molecule is O=C(NC1CC1)c1ccc(NC2CCN(Cc3ccccc3)CC2)c([N+](=O)[O-])c1. The molecule has 2 aliphatic rings. The standard InChI is InChI=1S/C22H26N4O3/c27-22(24-18-7-8-18)17-6-9-20(21(14-17)26(28)29)23-19-10-12-25(13-11-19)15-16-4-2-1-3-5-16/h1-6,9,14,18-19,23H,7-8,10-13,15H2,(H,24,27). The van der Waals surface area contributed by atoms with Gasteiger partial charge in [-0.3, -0.25) is 19.8 Å². The minimum Gasteiger partial charge on any atom is -0.377 e. The Bertz CT molecular complexity index is 875. The van der Waals surface area contributed by atoms with E-state index in [4.69, 9.17) is 0 Å². The smallest absolute Gasteiger partial charge is 0.293 e. The van der Waals surface area contributed by atoms with Crippen LogP contribution in [-0.2, 0) is 6.54 Å². The summed E-state index contributed by atoms with van der Waals surface area (Å²) in [6.45, 7) is 2.82. The number of nitro benzene ring substituents is 1. The van der Waals surface area contributed by atoms with Crippen LogP contribution in [0.25, 0.3) is 0 Å². The van der Waals surface area contributed by atoms with Crippen LogP contribution in [-0.4, -0.2) is 40.9 Å². The first-order chi connectivity index (χ1) is 14.1. The molecule has 1 aliphatic carbocycles. The predicted octanol–water partition coefficient (Wildman–Crippen LogP) is 3.56. The third kappa shape index (κ3) is 5.12. The van der Waals surface area contributed by atoms with Gasteiger partial charge in [0.1, 0.15) is 5.69 Å². The maximum atomic E-state index is 12.2. The van der Waals surface area contributed by atoms with E-state index in [1.807, 2.05) is 6.07 Å². The van der Waals surface area contributed by atoms with Crippen LogP contribution in [0.5, 0.6) is 0 Å². The van der Waals surface area contributed by atoms with Gasteiger partial charge in [0.25, 0.3) is 11.6 Å². The third-order valence-corrected chi connectivity index (χ3v) is 5.57. The van der Waals surface area contributed by atoms with Crippen molar-refractivity contribution in [1.29, 1.82) is 0 Å². The van der Waals surface area contributed by atoms with E-state index in [0.29, 0.717) is 11.3 Å². The lowest BCUT2D eigenvalue weighted by atomic mass is 10.0. The number of carbonyl (C=O) groups is 1. The number of nitrogens with one attached hydrogen (secondary N) is 2. The van der Waals surface area contributed by atoms with E-state index < -0.39 is 4.92 Å². The predicted molar refractivity (Wildman–Crippen MR) is 112 cm³/mol. The van der Waals surface area contributed by atoms with Gasteiger partial charge < -0.3 is 10.6 Å². The third-order valence-electron chi connectivity index (χ3n) is 5.57. The Morgan fingerprint density at radius 2 is 1.76 bits per heavy atom. The van der Waals surface area contributed by atoms with Crippen LogP contribution < -0.4 is 10.6 Å². The highest BCUT2D eigenvalue weighted by Crippen LogP contribution is 2.29. The maximum absolute atomic E-state index is 12.2. The Balaban J connectivity index is 1.36. The molecule has 0 spiro atoms. The summed E-state index contributed by atoms with van der Waals surface area (Å²) in [7, 11) is 0. The van der Waals surface area contributed by atoms with Crippen LogP contribution in [0.15, 0.2) is 48.5 Å². The highest BCUT2D eigenvalue weighted by molar-refractivity contribution is 5.96. The average Bonchev–Trinajstić information content (AvgIpc) is 3.54. The van der Waals surface area contributed by atoms with Crippen molar-refractivity contribution in [2.75, 3.05) is 18.4 Å². The first-order valence-corrected chi connectivity index (χ1v) is 10.2. The molecule has 2 aromatic rings. The number of hydrogen-bond donors (Lipinski definition) is 2. The molecule has 29 heavy (non-hydrogen) atoms. The van der Waals surface area contributed by atoms with Crippen molar-refractivity contribution < 1.29 is 9.72 Å². The zero-order valence-corrected chi connectivity index (χ0v) is 16.3. The monoisotopic (exact) mass is 394 g/mol. The molecule has 7 nitrogen and oxygen atoms in total. The number of piperidine rings is 1. The molecule has 0 aromatic heterocycles. The zero-order chi connectivity index (χ0) is 20.2. The Morgan fingerprint density at radius 1 is 1.03 bits per heavy atom. The molecule has 1 saturated carbocycles. The van der Waals surface area contributed by atoms with Gasteiger partial charge in [0.05, 0.1) is 4.92 Å². The van der Waals surface area contributed by atoms with Crippen LogP contribution in [0.3, 0.4) is 0 Å². The number of likely N-dealkylation sites (tertiary alicyclic amines) is 1. The molecule has 1 amide bonds. The summed E-state index contributed by atoms with van der Waals surface area (Å²) < 4.78 is 0. The topological polar surface area (TPSA) is 87.5 Å². The van der Waals surface area contributed by atoms with Crippen LogP contribution in [0.4, 0.5) is 11.4 Å². The van der Waals surface area contributed by atoms with Crippen molar-refractivity contribution in [1.82, 2.24) is 10.2 Å². The molecular weight excluding hydrogens is 368 g/mol. The molecular formula is C22H26N4O3. The van der Waals surface area contributed by atoms with Gasteiger partial charge in [0.2, 0.25) is 0 Å². The van der Waals surface area contributed by atoms with Gasteiger partial charge in [-0.2, -0.15) is 0 Å². The summed E-state index contributed by atoms with van der Waals surface area (Å²) in [5, 5.41) is 17.8. The summed E-state index contributed by atoms with van der Waals surface area (Å²) >= 11 is 0. The van der Waals surface area contributed by atoms with E-state index in [1.165, 1.54) is 11.6 Å². The van der Waals surface area contributed by atoms with E-state index >= 15 is 0 Å². The lowest BCUT2D eigenvalue weighted by molar-refractivity contribution is -0.384. The minimum atomic E-state index is -0.416. The fraction of sp³-hybridized carbons (Fsp3) is 0.409. The van der Waals surface area contributed by atoms with E-state index in [1.54, 1.807) is 12.1 Å².